The second kappa shape index (κ2) is 6.88. The molecule has 1 aliphatic carbocycles. The van der Waals surface area contributed by atoms with Crippen LogP contribution in [0, 0.1) is 32.6 Å². The number of pyridine rings is 2. The van der Waals surface area contributed by atoms with Gasteiger partial charge in [0.2, 0.25) is 0 Å². The molecule has 4 atom stereocenters. The quantitative estimate of drug-likeness (QED) is 0.919. The molecule has 0 amide bonds. The Morgan fingerprint density at radius 3 is 2.50 bits per heavy atom. The van der Waals surface area contributed by atoms with Gasteiger partial charge in [-0.2, -0.15) is 0 Å². The minimum Gasteiger partial charge on any atom is -0.486 e. The summed E-state index contributed by atoms with van der Waals surface area (Å²) < 4.78 is 6.17. The zero-order valence-corrected chi connectivity index (χ0v) is 15.7. The van der Waals surface area contributed by atoms with E-state index in [4.69, 9.17) is 4.74 Å². The number of hydrogen-bond acceptors (Lipinski definition) is 5. The van der Waals surface area contributed by atoms with Gasteiger partial charge in [-0.05, 0) is 69.2 Å². The predicted octanol–water partition coefficient (Wildman–Crippen LogP) is 3.06. The van der Waals surface area contributed by atoms with Crippen molar-refractivity contribution in [1.82, 2.24) is 9.97 Å². The van der Waals surface area contributed by atoms with Crippen molar-refractivity contribution in [2.24, 2.45) is 11.8 Å². The Bertz CT molecular complexity index is 777. The number of aliphatic hydroxyl groups excluding tert-OH is 1. The van der Waals surface area contributed by atoms with Gasteiger partial charge in [0.15, 0.2) is 0 Å². The molecule has 26 heavy (non-hydrogen) atoms. The Morgan fingerprint density at radius 1 is 1.04 bits per heavy atom. The number of hydrogen-bond donors (Lipinski definition) is 1. The summed E-state index contributed by atoms with van der Waals surface area (Å²) in [5.41, 5.74) is 3.05. The molecule has 5 nitrogen and oxygen atoms in total. The summed E-state index contributed by atoms with van der Waals surface area (Å²) >= 11 is 0. The molecule has 2 aromatic rings. The largest absolute Gasteiger partial charge is 0.486 e. The lowest BCUT2D eigenvalue weighted by Gasteiger charge is -2.35. The van der Waals surface area contributed by atoms with Gasteiger partial charge in [0, 0.05) is 25.0 Å². The number of nitrogens with zero attached hydrogens (tertiary/aromatic N) is 3. The molecule has 138 valence electrons. The van der Waals surface area contributed by atoms with E-state index in [-0.39, 0.29) is 6.10 Å². The maximum atomic E-state index is 10.6. The third kappa shape index (κ3) is 3.40. The predicted molar refractivity (Wildman–Crippen MR) is 102 cm³/mol. The average molecular weight is 353 g/mol. The zero-order valence-electron chi connectivity index (χ0n) is 15.7. The van der Waals surface area contributed by atoms with Gasteiger partial charge in [-0.15, -0.1) is 0 Å². The van der Waals surface area contributed by atoms with Crippen molar-refractivity contribution in [2.45, 2.75) is 45.8 Å². The fourth-order valence-electron chi connectivity index (χ4n) is 4.31. The van der Waals surface area contributed by atoms with Crippen LogP contribution in [0.2, 0.25) is 0 Å². The number of aromatic nitrogens is 2. The molecule has 0 bridgehead atoms. The maximum absolute atomic E-state index is 10.6. The van der Waals surface area contributed by atoms with Crippen molar-refractivity contribution in [3.8, 4) is 5.75 Å². The van der Waals surface area contributed by atoms with Crippen molar-refractivity contribution < 1.29 is 9.84 Å². The van der Waals surface area contributed by atoms with Gasteiger partial charge in [-0.25, -0.2) is 4.98 Å². The molecule has 2 aliphatic rings. The van der Waals surface area contributed by atoms with Crippen LogP contribution in [0.5, 0.6) is 5.75 Å². The van der Waals surface area contributed by atoms with E-state index >= 15 is 0 Å². The number of aryl methyl sites for hydroxylation is 3. The molecular formula is C21H27N3O2. The molecule has 0 spiro atoms. The highest BCUT2D eigenvalue weighted by molar-refractivity contribution is 5.41. The number of rotatable bonds is 3. The summed E-state index contributed by atoms with van der Waals surface area (Å²) in [5.74, 6) is 2.86. The van der Waals surface area contributed by atoms with Crippen molar-refractivity contribution in [2.75, 3.05) is 18.0 Å². The van der Waals surface area contributed by atoms with Crippen LogP contribution in [-0.2, 0) is 0 Å². The molecule has 4 rings (SSSR count). The van der Waals surface area contributed by atoms with Gasteiger partial charge >= 0.3 is 0 Å². The lowest BCUT2D eigenvalue weighted by molar-refractivity contribution is -0.0236. The number of fused-ring (bicyclic) bond motifs is 1. The molecule has 1 saturated heterocycles. The van der Waals surface area contributed by atoms with E-state index < -0.39 is 6.10 Å². The lowest BCUT2D eigenvalue weighted by Crippen LogP contribution is -2.42. The highest BCUT2D eigenvalue weighted by Crippen LogP contribution is 2.39. The number of aliphatic hydroxyl groups is 1. The molecule has 1 aliphatic heterocycles. The molecule has 0 aromatic carbocycles. The molecule has 3 heterocycles. The topological polar surface area (TPSA) is 58.5 Å². The van der Waals surface area contributed by atoms with Gasteiger partial charge in [0.25, 0.3) is 0 Å². The summed E-state index contributed by atoms with van der Waals surface area (Å²) in [6, 6.07) is 8.13. The van der Waals surface area contributed by atoms with E-state index in [2.05, 4.69) is 33.9 Å². The van der Waals surface area contributed by atoms with Crippen molar-refractivity contribution in [1.29, 1.82) is 0 Å². The van der Waals surface area contributed by atoms with Gasteiger partial charge in [0.05, 0.1) is 11.8 Å². The smallest absolute Gasteiger partial charge is 0.141 e. The molecule has 1 saturated carbocycles. The monoisotopic (exact) mass is 353 g/mol. The minimum absolute atomic E-state index is 0.162. The summed E-state index contributed by atoms with van der Waals surface area (Å²) in [6.07, 6.45) is 3.00. The summed E-state index contributed by atoms with van der Waals surface area (Å²) in [6.45, 7) is 7.94. The Labute approximate surface area is 155 Å². The normalized spacial score (nSPS) is 28.1. The van der Waals surface area contributed by atoms with E-state index in [1.54, 1.807) is 0 Å². The van der Waals surface area contributed by atoms with Gasteiger partial charge in [0.1, 0.15) is 17.7 Å². The van der Waals surface area contributed by atoms with Crippen molar-refractivity contribution >= 4 is 5.82 Å². The maximum Gasteiger partial charge on any atom is 0.141 e. The SMILES string of the molecule is Cc1ccc(N2C[C@H]3C[C@@H](Oc4ccc(C)nc4C)[C@H](O)C[C@H]3C2)nc1. The standard InChI is InChI=1S/C21H27N3O2/c1-13-4-7-21(22-10-13)24-11-16-8-18(25)20(9-17(16)12-24)26-19-6-5-14(2)23-15(19)3/h4-7,10,16-18,20,25H,8-9,11-12H2,1-3H3/t16-,17+,18+,20+/m0/s1. The van der Waals surface area contributed by atoms with Crippen LogP contribution in [0.25, 0.3) is 0 Å². The summed E-state index contributed by atoms with van der Waals surface area (Å²) in [4.78, 5) is 11.4. The first kappa shape index (κ1) is 17.3. The Kier molecular flexibility index (Phi) is 4.57. The first-order valence-electron chi connectivity index (χ1n) is 9.46. The lowest BCUT2D eigenvalue weighted by atomic mass is 9.78. The molecule has 1 N–H and O–H groups in total. The van der Waals surface area contributed by atoms with E-state index in [0.29, 0.717) is 11.8 Å². The second-order valence-electron chi connectivity index (χ2n) is 7.85. The minimum atomic E-state index is -0.428. The molecule has 2 aromatic heterocycles. The van der Waals surface area contributed by atoms with Gasteiger partial charge < -0.3 is 14.7 Å². The van der Waals surface area contributed by atoms with E-state index in [9.17, 15) is 5.11 Å². The molecule has 0 unspecified atom stereocenters. The Morgan fingerprint density at radius 2 is 1.81 bits per heavy atom. The Balaban J connectivity index is 1.45. The highest BCUT2D eigenvalue weighted by Gasteiger charge is 2.43. The van der Waals surface area contributed by atoms with Gasteiger partial charge in [-0.1, -0.05) is 6.07 Å². The summed E-state index contributed by atoms with van der Waals surface area (Å²) in [5, 5.41) is 10.6. The molecule has 2 fully saturated rings. The highest BCUT2D eigenvalue weighted by atomic mass is 16.5. The molecule has 5 heteroatoms. The molecule has 0 radical (unpaired) electrons. The number of anilines is 1. The Hall–Kier alpha value is -2.14. The van der Waals surface area contributed by atoms with Crippen LogP contribution < -0.4 is 9.64 Å². The van der Waals surface area contributed by atoms with Gasteiger partial charge in [-0.3, -0.25) is 4.98 Å². The van der Waals surface area contributed by atoms with Crippen LogP contribution in [-0.4, -0.2) is 40.4 Å². The van der Waals surface area contributed by atoms with Crippen LogP contribution in [0.4, 0.5) is 5.82 Å². The first-order valence-corrected chi connectivity index (χ1v) is 9.46. The average Bonchev–Trinajstić information content (AvgIpc) is 3.01. The fourth-order valence-corrected chi connectivity index (χ4v) is 4.31. The van der Waals surface area contributed by atoms with E-state index in [1.807, 2.05) is 32.2 Å². The first-order chi connectivity index (χ1) is 12.5. The number of ether oxygens (including phenoxy) is 1. The third-order valence-corrected chi connectivity index (χ3v) is 5.76. The van der Waals surface area contributed by atoms with Crippen LogP contribution >= 0.6 is 0 Å². The van der Waals surface area contributed by atoms with Crippen molar-refractivity contribution in [3.05, 3.63) is 47.4 Å². The van der Waals surface area contributed by atoms with E-state index in [1.165, 1.54) is 5.56 Å². The zero-order chi connectivity index (χ0) is 18.3. The van der Waals surface area contributed by atoms with Crippen LogP contribution in [0.1, 0.15) is 29.8 Å². The molecular weight excluding hydrogens is 326 g/mol. The van der Waals surface area contributed by atoms with Crippen LogP contribution in [0.15, 0.2) is 30.5 Å². The second-order valence-corrected chi connectivity index (χ2v) is 7.85. The third-order valence-electron chi connectivity index (χ3n) is 5.76. The van der Waals surface area contributed by atoms with Crippen molar-refractivity contribution in [3.63, 3.8) is 0 Å². The van der Waals surface area contributed by atoms with E-state index in [0.717, 1.165) is 48.9 Å². The fraction of sp³-hybridized carbons (Fsp3) is 0.524. The van der Waals surface area contributed by atoms with Crippen LogP contribution in [0.3, 0.4) is 0 Å². The summed E-state index contributed by atoms with van der Waals surface area (Å²) in [7, 11) is 0.